The number of rotatable bonds is 6. The summed E-state index contributed by atoms with van der Waals surface area (Å²) in [7, 11) is 3.36. The van der Waals surface area contributed by atoms with E-state index in [0.717, 1.165) is 0 Å². The van der Waals surface area contributed by atoms with E-state index < -0.39 is 5.97 Å². The Labute approximate surface area is 162 Å². The first-order chi connectivity index (χ1) is 13.5. The Kier molecular flexibility index (Phi) is 5.41. The second-order valence-electron chi connectivity index (χ2n) is 6.06. The highest BCUT2D eigenvalue weighted by Gasteiger charge is 2.24. The van der Waals surface area contributed by atoms with Gasteiger partial charge in [0.2, 0.25) is 0 Å². The van der Waals surface area contributed by atoms with E-state index in [1.165, 1.54) is 6.07 Å². The van der Waals surface area contributed by atoms with Gasteiger partial charge in [-0.1, -0.05) is 0 Å². The van der Waals surface area contributed by atoms with Crippen molar-refractivity contribution >= 4 is 16.9 Å². The SMILES string of the molecule is CCOC(=O)c1c(COc2ccc(OC)cc2)n(C)c2cc(C#N)c(O)cc12. The zero-order valence-electron chi connectivity index (χ0n) is 15.9. The quantitative estimate of drug-likeness (QED) is 0.658. The number of phenolic OH excluding ortho intramolecular Hbond substituents is 1. The molecule has 0 aliphatic carbocycles. The van der Waals surface area contributed by atoms with Crippen molar-refractivity contribution in [1.29, 1.82) is 5.26 Å². The van der Waals surface area contributed by atoms with Gasteiger partial charge in [0.05, 0.1) is 36.1 Å². The number of phenols is 1. The van der Waals surface area contributed by atoms with Crippen LogP contribution in [0.3, 0.4) is 0 Å². The van der Waals surface area contributed by atoms with Crippen molar-refractivity contribution in [2.24, 2.45) is 7.05 Å². The third-order valence-electron chi connectivity index (χ3n) is 4.47. The van der Waals surface area contributed by atoms with E-state index in [1.54, 1.807) is 56.0 Å². The van der Waals surface area contributed by atoms with Crippen LogP contribution in [0.15, 0.2) is 36.4 Å². The Balaban J connectivity index is 2.05. The maximum Gasteiger partial charge on any atom is 0.340 e. The number of fused-ring (bicyclic) bond motifs is 1. The third-order valence-corrected chi connectivity index (χ3v) is 4.47. The monoisotopic (exact) mass is 380 g/mol. The smallest absolute Gasteiger partial charge is 0.340 e. The van der Waals surface area contributed by atoms with Crippen LogP contribution in [0.25, 0.3) is 10.9 Å². The number of carbonyl (C=O) groups excluding carboxylic acids is 1. The molecule has 0 spiro atoms. The van der Waals surface area contributed by atoms with Gasteiger partial charge in [0.25, 0.3) is 0 Å². The Morgan fingerprint density at radius 1 is 1.21 bits per heavy atom. The summed E-state index contributed by atoms with van der Waals surface area (Å²) < 4.78 is 17.9. The van der Waals surface area contributed by atoms with Gasteiger partial charge in [0, 0.05) is 12.4 Å². The van der Waals surface area contributed by atoms with Crippen LogP contribution in [0, 0.1) is 11.3 Å². The van der Waals surface area contributed by atoms with Crippen molar-refractivity contribution in [1.82, 2.24) is 4.57 Å². The summed E-state index contributed by atoms with van der Waals surface area (Å²) in [6, 6.07) is 12.0. The first-order valence-corrected chi connectivity index (χ1v) is 8.68. The van der Waals surface area contributed by atoms with E-state index in [-0.39, 0.29) is 24.5 Å². The zero-order chi connectivity index (χ0) is 20.3. The van der Waals surface area contributed by atoms with Crippen LogP contribution < -0.4 is 9.47 Å². The molecule has 0 saturated heterocycles. The van der Waals surface area contributed by atoms with E-state index >= 15 is 0 Å². The van der Waals surface area contributed by atoms with E-state index in [2.05, 4.69) is 0 Å². The average molecular weight is 380 g/mol. The van der Waals surface area contributed by atoms with E-state index in [9.17, 15) is 15.2 Å². The van der Waals surface area contributed by atoms with E-state index in [1.807, 2.05) is 6.07 Å². The average Bonchev–Trinajstić information content (AvgIpc) is 2.97. The Bertz CT molecular complexity index is 1060. The number of nitriles is 1. The zero-order valence-corrected chi connectivity index (χ0v) is 15.9. The van der Waals surface area contributed by atoms with Gasteiger partial charge in [0.15, 0.2) is 0 Å². The van der Waals surface area contributed by atoms with Crippen molar-refractivity contribution in [3.63, 3.8) is 0 Å². The minimum absolute atomic E-state index is 0.105. The number of nitrogens with zero attached hydrogens (tertiary/aromatic N) is 2. The van der Waals surface area contributed by atoms with Crippen LogP contribution in [0.5, 0.6) is 17.2 Å². The molecule has 0 aliphatic rings. The lowest BCUT2D eigenvalue weighted by Crippen LogP contribution is -2.11. The molecule has 0 bridgehead atoms. The van der Waals surface area contributed by atoms with Crippen molar-refractivity contribution in [3.8, 4) is 23.3 Å². The standard InChI is InChI=1S/C21H20N2O5/c1-4-27-21(25)20-16-10-19(24)13(11-22)9-17(16)23(2)18(20)12-28-15-7-5-14(26-3)6-8-15/h5-10,24H,4,12H2,1-3H3. The van der Waals surface area contributed by atoms with Gasteiger partial charge >= 0.3 is 5.97 Å². The summed E-state index contributed by atoms with van der Waals surface area (Å²) in [5.74, 6) is 0.629. The van der Waals surface area contributed by atoms with E-state index in [4.69, 9.17) is 14.2 Å². The molecule has 0 unspecified atom stereocenters. The molecule has 144 valence electrons. The number of aryl methyl sites for hydroxylation is 1. The lowest BCUT2D eigenvalue weighted by atomic mass is 10.1. The summed E-state index contributed by atoms with van der Waals surface area (Å²) in [6.45, 7) is 2.05. The van der Waals surface area contributed by atoms with Crippen molar-refractivity contribution in [2.45, 2.75) is 13.5 Å². The molecule has 1 aromatic heterocycles. The molecule has 3 aromatic rings. The summed E-state index contributed by atoms with van der Waals surface area (Å²) >= 11 is 0. The highest BCUT2D eigenvalue weighted by atomic mass is 16.5. The molecular formula is C21H20N2O5. The van der Waals surface area contributed by atoms with Crippen molar-refractivity contribution in [3.05, 3.63) is 53.2 Å². The normalized spacial score (nSPS) is 10.5. The number of methoxy groups -OCH3 is 1. The Hall–Kier alpha value is -3.66. The molecule has 0 radical (unpaired) electrons. The minimum atomic E-state index is -0.509. The van der Waals surface area contributed by atoms with E-state index in [0.29, 0.717) is 33.7 Å². The largest absolute Gasteiger partial charge is 0.507 e. The van der Waals surface area contributed by atoms with Crippen LogP contribution in [0.4, 0.5) is 0 Å². The van der Waals surface area contributed by atoms with Gasteiger partial charge in [-0.15, -0.1) is 0 Å². The van der Waals surface area contributed by atoms with Crippen LogP contribution in [0.1, 0.15) is 28.5 Å². The Morgan fingerprint density at radius 2 is 1.89 bits per heavy atom. The Morgan fingerprint density at radius 3 is 2.50 bits per heavy atom. The number of aromatic nitrogens is 1. The van der Waals surface area contributed by atoms with Crippen molar-refractivity contribution < 1.29 is 24.1 Å². The van der Waals surface area contributed by atoms with Crippen LogP contribution in [-0.4, -0.2) is 29.4 Å². The second kappa shape index (κ2) is 7.92. The highest BCUT2D eigenvalue weighted by molar-refractivity contribution is 6.06. The molecule has 7 nitrogen and oxygen atoms in total. The third kappa shape index (κ3) is 3.45. The molecule has 0 fully saturated rings. The molecule has 3 rings (SSSR count). The maximum absolute atomic E-state index is 12.6. The number of benzene rings is 2. The van der Waals surface area contributed by atoms with Gasteiger partial charge in [-0.3, -0.25) is 0 Å². The molecule has 2 aromatic carbocycles. The highest BCUT2D eigenvalue weighted by Crippen LogP contribution is 2.32. The predicted molar refractivity (Wildman–Crippen MR) is 103 cm³/mol. The van der Waals surface area contributed by atoms with Crippen LogP contribution >= 0.6 is 0 Å². The van der Waals surface area contributed by atoms with Crippen LogP contribution in [-0.2, 0) is 18.4 Å². The number of carbonyl (C=O) groups is 1. The summed E-state index contributed by atoms with van der Waals surface area (Å²) in [6.07, 6.45) is 0. The molecular weight excluding hydrogens is 360 g/mol. The number of hydrogen-bond donors (Lipinski definition) is 1. The summed E-state index contributed by atoms with van der Waals surface area (Å²) in [4.78, 5) is 12.6. The summed E-state index contributed by atoms with van der Waals surface area (Å²) in [5.41, 5.74) is 1.66. The second-order valence-corrected chi connectivity index (χ2v) is 6.06. The number of hydrogen-bond acceptors (Lipinski definition) is 6. The molecule has 7 heteroatoms. The number of esters is 1. The fourth-order valence-corrected chi connectivity index (χ4v) is 3.04. The number of ether oxygens (including phenoxy) is 3. The molecule has 0 amide bonds. The fraction of sp³-hybridized carbons (Fsp3) is 0.238. The number of aromatic hydroxyl groups is 1. The predicted octanol–water partition coefficient (Wildman–Crippen LogP) is 3.52. The molecule has 0 atom stereocenters. The molecule has 1 heterocycles. The fourth-order valence-electron chi connectivity index (χ4n) is 3.04. The lowest BCUT2D eigenvalue weighted by Gasteiger charge is -2.10. The molecule has 1 N–H and O–H groups in total. The lowest BCUT2D eigenvalue weighted by molar-refractivity contribution is 0.0525. The maximum atomic E-state index is 12.6. The van der Waals surface area contributed by atoms with Crippen molar-refractivity contribution in [2.75, 3.05) is 13.7 Å². The topological polar surface area (TPSA) is 93.7 Å². The van der Waals surface area contributed by atoms with Gasteiger partial charge in [-0.25, -0.2) is 4.79 Å². The van der Waals surface area contributed by atoms with Crippen LogP contribution in [0.2, 0.25) is 0 Å². The van der Waals surface area contributed by atoms with Gasteiger partial charge in [-0.05, 0) is 43.3 Å². The first kappa shape index (κ1) is 19.1. The molecule has 28 heavy (non-hydrogen) atoms. The molecule has 0 aliphatic heterocycles. The molecule has 0 saturated carbocycles. The summed E-state index contributed by atoms with van der Waals surface area (Å²) in [5, 5.41) is 19.8. The van der Waals surface area contributed by atoms with Gasteiger partial charge in [0.1, 0.15) is 29.9 Å². The van der Waals surface area contributed by atoms with Gasteiger partial charge < -0.3 is 23.9 Å². The first-order valence-electron chi connectivity index (χ1n) is 8.68. The van der Waals surface area contributed by atoms with Gasteiger partial charge in [-0.2, -0.15) is 5.26 Å². The minimum Gasteiger partial charge on any atom is -0.507 e.